The van der Waals surface area contributed by atoms with Gasteiger partial charge in [0, 0.05) is 19.6 Å². The van der Waals surface area contributed by atoms with E-state index in [1.54, 1.807) is 31.2 Å². The van der Waals surface area contributed by atoms with Crippen molar-refractivity contribution in [3.8, 4) is 0 Å². The van der Waals surface area contributed by atoms with E-state index in [1.807, 2.05) is 12.1 Å². The van der Waals surface area contributed by atoms with Crippen molar-refractivity contribution in [2.24, 2.45) is 5.41 Å². The molecule has 1 aliphatic heterocycles. The Kier molecular flexibility index (Phi) is 6.93. The highest BCUT2D eigenvalue weighted by atomic mass is 32.2. The minimum absolute atomic E-state index is 0.126. The third kappa shape index (κ3) is 5.08. The number of nitrogens with one attached hydrogen (secondary N) is 1. The summed E-state index contributed by atoms with van der Waals surface area (Å²) in [4.78, 5) is 13.1. The maximum absolute atomic E-state index is 13.3. The Morgan fingerprint density at radius 3 is 2.57 bits per heavy atom. The summed E-state index contributed by atoms with van der Waals surface area (Å²) < 4.78 is 41.0. The van der Waals surface area contributed by atoms with Gasteiger partial charge in [-0.2, -0.15) is 4.31 Å². The Bertz CT molecular complexity index is 992. The molecule has 3 rings (SSSR count). The van der Waals surface area contributed by atoms with Crippen LogP contribution < -0.4 is 5.32 Å². The summed E-state index contributed by atoms with van der Waals surface area (Å²) in [5.41, 5.74) is 0.942. The molecule has 0 aliphatic carbocycles. The van der Waals surface area contributed by atoms with E-state index in [4.69, 9.17) is 0 Å². The fourth-order valence-electron chi connectivity index (χ4n) is 3.89. The van der Waals surface area contributed by atoms with E-state index in [1.165, 1.54) is 16.4 Å². The first-order valence-electron chi connectivity index (χ1n) is 10.4. The van der Waals surface area contributed by atoms with Gasteiger partial charge >= 0.3 is 0 Å². The van der Waals surface area contributed by atoms with Crippen LogP contribution >= 0.6 is 0 Å². The SMILES string of the molecule is CCCc1ccc(S(=O)(=O)N2CCCC(C)(C(=O)NCc3cccc(F)c3)C2)cc1. The third-order valence-electron chi connectivity index (χ3n) is 5.65. The average molecular weight is 433 g/mol. The van der Waals surface area contributed by atoms with Crippen LogP contribution in [-0.2, 0) is 27.8 Å². The lowest BCUT2D eigenvalue weighted by Gasteiger charge is -2.38. The third-order valence-corrected chi connectivity index (χ3v) is 7.51. The average Bonchev–Trinajstić information content (AvgIpc) is 2.73. The van der Waals surface area contributed by atoms with E-state index in [0.717, 1.165) is 18.4 Å². The molecule has 1 amide bonds. The van der Waals surface area contributed by atoms with Gasteiger partial charge in [0.15, 0.2) is 0 Å². The van der Waals surface area contributed by atoms with Gasteiger partial charge in [-0.1, -0.05) is 37.6 Å². The summed E-state index contributed by atoms with van der Waals surface area (Å²) in [5.74, 6) is -0.571. The lowest BCUT2D eigenvalue weighted by Crippen LogP contribution is -2.51. The second-order valence-corrected chi connectivity index (χ2v) is 10.1. The number of aryl methyl sites for hydroxylation is 1. The van der Waals surface area contributed by atoms with Gasteiger partial charge in [0.1, 0.15) is 5.82 Å². The van der Waals surface area contributed by atoms with Crippen LogP contribution in [-0.4, -0.2) is 31.7 Å². The van der Waals surface area contributed by atoms with Crippen LogP contribution in [0.15, 0.2) is 53.4 Å². The molecule has 1 unspecified atom stereocenters. The first kappa shape index (κ1) is 22.4. The summed E-state index contributed by atoms with van der Waals surface area (Å²) in [6.45, 7) is 4.60. The van der Waals surface area contributed by atoms with Crippen LogP contribution in [0.3, 0.4) is 0 Å². The monoisotopic (exact) mass is 432 g/mol. The molecule has 1 heterocycles. The van der Waals surface area contributed by atoms with Crippen LogP contribution in [0.4, 0.5) is 4.39 Å². The number of halogens is 1. The van der Waals surface area contributed by atoms with Crippen molar-refractivity contribution in [1.29, 1.82) is 0 Å². The van der Waals surface area contributed by atoms with E-state index in [0.29, 0.717) is 24.9 Å². The summed E-state index contributed by atoms with van der Waals surface area (Å²) in [5, 5.41) is 2.84. The topological polar surface area (TPSA) is 66.5 Å². The smallest absolute Gasteiger partial charge is 0.243 e. The van der Waals surface area contributed by atoms with Gasteiger partial charge in [-0.3, -0.25) is 4.79 Å². The summed E-state index contributed by atoms with van der Waals surface area (Å²) in [7, 11) is -3.67. The maximum Gasteiger partial charge on any atom is 0.243 e. The van der Waals surface area contributed by atoms with Crippen molar-refractivity contribution < 1.29 is 17.6 Å². The Labute approximate surface area is 178 Å². The Hall–Kier alpha value is -2.25. The quantitative estimate of drug-likeness (QED) is 0.722. The van der Waals surface area contributed by atoms with Crippen molar-refractivity contribution >= 4 is 15.9 Å². The van der Waals surface area contributed by atoms with Gasteiger partial charge in [-0.25, -0.2) is 12.8 Å². The van der Waals surface area contributed by atoms with E-state index >= 15 is 0 Å². The second-order valence-electron chi connectivity index (χ2n) is 8.21. The lowest BCUT2D eigenvalue weighted by atomic mass is 9.82. The number of sulfonamides is 1. The fraction of sp³-hybridized carbons (Fsp3) is 0.435. The van der Waals surface area contributed by atoms with Crippen LogP contribution in [0.1, 0.15) is 44.2 Å². The molecular weight excluding hydrogens is 403 g/mol. The molecule has 0 aromatic heterocycles. The van der Waals surface area contributed by atoms with E-state index < -0.39 is 15.4 Å². The number of piperidine rings is 1. The van der Waals surface area contributed by atoms with Crippen LogP contribution in [0.25, 0.3) is 0 Å². The van der Waals surface area contributed by atoms with Crippen molar-refractivity contribution in [3.63, 3.8) is 0 Å². The standard InChI is InChI=1S/C23H29FN2O3S/c1-3-6-18-9-11-21(12-10-18)30(28,29)26-14-5-13-23(2,17-26)22(27)25-16-19-7-4-8-20(24)15-19/h4,7-12,15H,3,5-6,13-14,16-17H2,1-2H3,(H,25,27). The minimum atomic E-state index is -3.67. The van der Waals surface area contributed by atoms with Crippen molar-refractivity contribution in [2.75, 3.05) is 13.1 Å². The number of amides is 1. The predicted octanol–water partition coefficient (Wildman–Crippen LogP) is 3.89. The summed E-state index contributed by atoms with van der Waals surface area (Å²) in [6, 6.07) is 13.1. The number of hydrogen-bond acceptors (Lipinski definition) is 3. The number of carbonyl (C=O) groups excluding carboxylic acids is 1. The number of hydrogen-bond donors (Lipinski definition) is 1. The number of benzene rings is 2. The molecule has 0 radical (unpaired) electrons. The Morgan fingerprint density at radius 1 is 1.17 bits per heavy atom. The molecule has 1 N–H and O–H groups in total. The van der Waals surface area contributed by atoms with Crippen molar-refractivity contribution in [2.45, 2.75) is 51.0 Å². The number of rotatable bonds is 7. The second kappa shape index (κ2) is 9.27. The molecule has 0 bridgehead atoms. The zero-order valence-corrected chi connectivity index (χ0v) is 18.3. The Morgan fingerprint density at radius 2 is 1.90 bits per heavy atom. The maximum atomic E-state index is 13.3. The van der Waals surface area contributed by atoms with Gasteiger partial charge in [-0.15, -0.1) is 0 Å². The molecule has 7 heteroatoms. The van der Waals surface area contributed by atoms with Gasteiger partial charge in [0.2, 0.25) is 15.9 Å². The molecule has 2 aromatic rings. The summed E-state index contributed by atoms with van der Waals surface area (Å²) in [6.07, 6.45) is 3.12. The molecule has 30 heavy (non-hydrogen) atoms. The zero-order chi connectivity index (χ0) is 21.8. The first-order chi connectivity index (χ1) is 14.2. The largest absolute Gasteiger partial charge is 0.352 e. The first-order valence-corrected chi connectivity index (χ1v) is 11.8. The van der Waals surface area contributed by atoms with Gasteiger partial charge in [0.05, 0.1) is 10.3 Å². The molecule has 162 valence electrons. The van der Waals surface area contributed by atoms with Crippen LogP contribution in [0, 0.1) is 11.2 Å². The van der Waals surface area contributed by atoms with Crippen molar-refractivity contribution in [3.05, 3.63) is 65.5 Å². The molecule has 2 aromatic carbocycles. The molecule has 1 atom stereocenters. The Balaban J connectivity index is 1.70. The van der Waals surface area contributed by atoms with Gasteiger partial charge < -0.3 is 5.32 Å². The highest BCUT2D eigenvalue weighted by Gasteiger charge is 2.41. The van der Waals surface area contributed by atoms with E-state index in [2.05, 4.69) is 12.2 Å². The van der Waals surface area contributed by atoms with Gasteiger partial charge in [0.25, 0.3) is 0 Å². The highest BCUT2D eigenvalue weighted by Crippen LogP contribution is 2.33. The molecule has 1 fully saturated rings. The molecule has 1 aliphatic rings. The molecule has 1 saturated heterocycles. The fourth-order valence-corrected chi connectivity index (χ4v) is 5.49. The van der Waals surface area contributed by atoms with E-state index in [-0.39, 0.29) is 29.7 Å². The zero-order valence-electron chi connectivity index (χ0n) is 17.5. The number of carbonyl (C=O) groups is 1. The van der Waals surface area contributed by atoms with Crippen LogP contribution in [0.2, 0.25) is 0 Å². The summed E-state index contributed by atoms with van der Waals surface area (Å²) >= 11 is 0. The van der Waals surface area contributed by atoms with Gasteiger partial charge in [-0.05, 0) is 61.6 Å². The highest BCUT2D eigenvalue weighted by molar-refractivity contribution is 7.89. The predicted molar refractivity (Wildman–Crippen MR) is 115 cm³/mol. The number of nitrogens with zero attached hydrogens (tertiary/aromatic N) is 1. The van der Waals surface area contributed by atoms with Crippen molar-refractivity contribution in [1.82, 2.24) is 9.62 Å². The molecular formula is C23H29FN2O3S. The van der Waals surface area contributed by atoms with Crippen LogP contribution in [0.5, 0.6) is 0 Å². The van der Waals surface area contributed by atoms with E-state index in [9.17, 15) is 17.6 Å². The molecule has 0 saturated carbocycles. The normalized spacial score (nSPS) is 20.1. The molecule has 5 nitrogen and oxygen atoms in total. The lowest BCUT2D eigenvalue weighted by molar-refractivity contribution is -0.132. The molecule has 0 spiro atoms. The minimum Gasteiger partial charge on any atom is -0.352 e.